The van der Waals surface area contributed by atoms with Gasteiger partial charge in [0, 0.05) is 17.3 Å². The fraction of sp³-hybridized carbons (Fsp3) is 0.350. The Morgan fingerprint density at radius 3 is 2.61 bits per heavy atom. The molecule has 1 aromatic carbocycles. The van der Waals surface area contributed by atoms with Crippen molar-refractivity contribution in [3.8, 4) is 11.5 Å². The summed E-state index contributed by atoms with van der Waals surface area (Å²) in [5, 5.41) is 10.3. The number of phenols is 1. The van der Waals surface area contributed by atoms with E-state index in [-0.39, 0.29) is 0 Å². The Morgan fingerprint density at radius 2 is 1.96 bits per heavy atom. The number of aromatic nitrogens is 1. The predicted octanol–water partition coefficient (Wildman–Crippen LogP) is 4.51. The van der Waals surface area contributed by atoms with E-state index >= 15 is 0 Å². The van der Waals surface area contributed by atoms with Crippen molar-refractivity contribution in [2.45, 2.75) is 46.1 Å². The molecule has 0 spiro atoms. The van der Waals surface area contributed by atoms with E-state index in [2.05, 4.69) is 18.5 Å². The van der Waals surface area contributed by atoms with Crippen LogP contribution in [0.1, 0.15) is 41.3 Å². The van der Waals surface area contributed by atoms with Crippen LogP contribution in [0.25, 0.3) is 5.57 Å². The average molecular weight is 309 g/mol. The maximum atomic E-state index is 10.3. The van der Waals surface area contributed by atoms with E-state index in [0.717, 1.165) is 52.1 Å². The lowest BCUT2D eigenvalue weighted by Gasteiger charge is -2.39. The Hall–Kier alpha value is -2.29. The first kappa shape index (κ1) is 15.6. The zero-order valence-corrected chi connectivity index (χ0v) is 14.2. The number of pyridine rings is 1. The lowest BCUT2D eigenvalue weighted by Crippen LogP contribution is -2.38. The summed E-state index contributed by atoms with van der Waals surface area (Å²) in [7, 11) is 0. The van der Waals surface area contributed by atoms with Crippen LogP contribution < -0.4 is 4.74 Å². The lowest BCUT2D eigenvalue weighted by atomic mass is 9.82. The molecule has 0 bridgehead atoms. The van der Waals surface area contributed by atoms with Gasteiger partial charge in [-0.1, -0.05) is 12.6 Å². The normalized spacial score (nSPS) is 19.8. The van der Waals surface area contributed by atoms with Gasteiger partial charge in [0.1, 0.15) is 17.1 Å². The van der Waals surface area contributed by atoms with E-state index < -0.39 is 5.60 Å². The first-order chi connectivity index (χ1) is 10.8. The quantitative estimate of drug-likeness (QED) is 0.887. The summed E-state index contributed by atoms with van der Waals surface area (Å²) >= 11 is 0. The Balaban J connectivity index is 2.04. The van der Waals surface area contributed by atoms with Gasteiger partial charge in [-0.05, 0) is 69.4 Å². The van der Waals surface area contributed by atoms with Crippen LogP contribution in [0.3, 0.4) is 0 Å². The van der Waals surface area contributed by atoms with Crippen LogP contribution in [0.2, 0.25) is 0 Å². The Bertz CT molecular complexity index is 780. The van der Waals surface area contributed by atoms with E-state index in [1.54, 1.807) is 6.20 Å². The smallest absolute Gasteiger partial charge is 0.133 e. The molecule has 23 heavy (non-hydrogen) atoms. The molecule has 0 saturated carbocycles. The molecule has 0 saturated heterocycles. The molecule has 1 aromatic heterocycles. The molecular formula is C20H23NO2. The number of benzene rings is 1. The molecule has 0 aliphatic carbocycles. The molecule has 1 unspecified atom stereocenters. The second-order valence-corrected chi connectivity index (χ2v) is 6.56. The van der Waals surface area contributed by atoms with Crippen molar-refractivity contribution in [2.75, 3.05) is 0 Å². The number of rotatable bonds is 2. The Morgan fingerprint density at radius 1 is 1.22 bits per heavy atom. The summed E-state index contributed by atoms with van der Waals surface area (Å²) in [6.45, 7) is 12.2. The summed E-state index contributed by atoms with van der Waals surface area (Å²) < 4.78 is 6.43. The maximum absolute atomic E-state index is 10.3. The van der Waals surface area contributed by atoms with Gasteiger partial charge in [-0.25, -0.2) is 0 Å². The van der Waals surface area contributed by atoms with E-state index in [1.807, 2.05) is 39.0 Å². The highest BCUT2D eigenvalue weighted by Gasteiger charge is 2.37. The Kier molecular flexibility index (Phi) is 3.67. The van der Waals surface area contributed by atoms with Crippen molar-refractivity contribution < 1.29 is 9.84 Å². The van der Waals surface area contributed by atoms with Crippen LogP contribution in [0.4, 0.5) is 0 Å². The first-order valence-electron chi connectivity index (χ1n) is 7.96. The van der Waals surface area contributed by atoms with Crippen LogP contribution in [0, 0.1) is 20.8 Å². The number of aromatic hydroxyl groups is 1. The molecule has 1 N–H and O–H groups in total. The zero-order chi connectivity index (χ0) is 16.8. The number of fused-ring (bicyclic) bond motifs is 1. The number of ether oxygens (including phenoxy) is 1. The SMILES string of the molecule is C=C(c1ccccn1)C1(C)CCc2c(C)c(O)c(C)c(C)c2O1. The summed E-state index contributed by atoms with van der Waals surface area (Å²) in [6.07, 6.45) is 3.45. The lowest BCUT2D eigenvalue weighted by molar-refractivity contribution is 0.122. The summed E-state index contributed by atoms with van der Waals surface area (Å²) in [5.41, 5.74) is 5.19. The molecule has 0 amide bonds. The standard InChI is InChI=1S/C20H23NO2/c1-12-13(2)19-16(14(3)18(12)22)9-10-20(5,23-19)15(4)17-8-6-7-11-21-17/h6-8,11,22H,4,9-10H2,1-3,5H3. The molecule has 3 heteroatoms. The third-order valence-electron chi connectivity index (χ3n) is 5.13. The van der Waals surface area contributed by atoms with Crippen LogP contribution in [-0.2, 0) is 6.42 Å². The minimum atomic E-state index is -0.484. The third-order valence-corrected chi connectivity index (χ3v) is 5.13. The highest BCUT2D eigenvalue weighted by atomic mass is 16.5. The van der Waals surface area contributed by atoms with Crippen LogP contribution in [0.15, 0.2) is 31.0 Å². The van der Waals surface area contributed by atoms with Gasteiger partial charge in [0.2, 0.25) is 0 Å². The minimum absolute atomic E-state index is 0.386. The molecule has 3 nitrogen and oxygen atoms in total. The fourth-order valence-electron chi connectivity index (χ4n) is 3.27. The summed E-state index contributed by atoms with van der Waals surface area (Å²) in [6, 6.07) is 5.83. The van der Waals surface area contributed by atoms with Crippen molar-refractivity contribution in [3.63, 3.8) is 0 Å². The van der Waals surface area contributed by atoms with Gasteiger partial charge in [-0.2, -0.15) is 0 Å². The van der Waals surface area contributed by atoms with E-state index in [1.165, 1.54) is 0 Å². The number of phenolic OH excluding ortho intramolecular Hbond substituents is 1. The highest BCUT2D eigenvalue weighted by Crippen LogP contribution is 2.46. The van der Waals surface area contributed by atoms with Gasteiger partial charge in [0.15, 0.2) is 0 Å². The highest BCUT2D eigenvalue weighted by molar-refractivity contribution is 5.69. The topological polar surface area (TPSA) is 42.4 Å². The van der Waals surface area contributed by atoms with Gasteiger partial charge in [-0.3, -0.25) is 4.98 Å². The average Bonchev–Trinajstić information content (AvgIpc) is 2.58. The number of hydrogen-bond acceptors (Lipinski definition) is 3. The zero-order valence-electron chi connectivity index (χ0n) is 14.2. The molecular weight excluding hydrogens is 286 g/mol. The van der Waals surface area contributed by atoms with E-state index in [9.17, 15) is 5.11 Å². The third kappa shape index (κ3) is 2.40. The van der Waals surface area contributed by atoms with Crippen molar-refractivity contribution >= 4 is 5.57 Å². The van der Waals surface area contributed by atoms with Gasteiger partial charge < -0.3 is 9.84 Å². The first-order valence-corrected chi connectivity index (χ1v) is 7.96. The Labute approximate surface area is 137 Å². The van der Waals surface area contributed by atoms with Crippen LogP contribution >= 0.6 is 0 Å². The van der Waals surface area contributed by atoms with Gasteiger partial charge >= 0.3 is 0 Å². The molecule has 0 radical (unpaired) electrons. The van der Waals surface area contributed by atoms with Crippen molar-refractivity contribution in [1.82, 2.24) is 4.98 Å². The van der Waals surface area contributed by atoms with E-state index in [4.69, 9.17) is 4.74 Å². The van der Waals surface area contributed by atoms with Gasteiger partial charge in [0.25, 0.3) is 0 Å². The molecule has 2 heterocycles. The van der Waals surface area contributed by atoms with Gasteiger partial charge in [0.05, 0.1) is 5.69 Å². The molecule has 120 valence electrons. The monoisotopic (exact) mass is 309 g/mol. The predicted molar refractivity (Wildman–Crippen MR) is 92.9 cm³/mol. The van der Waals surface area contributed by atoms with E-state index in [0.29, 0.717) is 5.75 Å². The summed E-state index contributed by atoms with van der Waals surface area (Å²) in [4.78, 5) is 4.41. The summed E-state index contributed by atoms with van der Waals surface area (Å²) in [5.74, 6) is 1.28. The maximum Gasteiger partial charge on any atom is 0.133 e. The minimum Gasteiger partial charge on any atom is -0.507 e. The number of hydrogen-bond donors (Lipinski definition) is 1. The molecule has 2 aromatic rings. The molecule has 3 rings (SSSR count). The van der Waals surface area contributed by atoms with Crippen molar-refractivity contribution in [2.24, 2.45) is 0 Å². The second-order valence-electron chi connectivity index (χ2n) is 6.56. The molecule has 1 atom stereocenters. The van der Waals surface area contributed by atoms with Crippen molar-refractivity contribution in [3.05, 3.63) is 58.9 Å². The number of nitrogens with zero attached hydrogens (tertiary/aromatic N) is 1. The molecule has 0 fully saturated rings. The second kappa shape index (κ2) is 5.41. The largest absolute Gasteiger partial charge is 0.507 e. The van der Waals surface area contributed by atoms with Crippen molar-refractivity contribution in [1.29, 1.82) is 0 Å². The van der Waals surface area contributed by atoms with Crippen LogP contribution in [0.5, 0.6) is 11.5 Å². The molecule has 1 aliphatic rings. The molecule has 1 aliphatic heterocycles. The van der Waals surface area contributed by atoms with Crippen LogP contribution in [-0.4, -0.2) is 15.7 Å². The van der Waals surface area contributed by atoms with Gasteiger partial charge in [-0.15, -0.1) is 0 Å². The fourth-order valence-corrected chi connectivity index (χ4v) is 3.27.